The molecule has 0 saturated heterocycles. The second-order valence-electron chi connectivity index (χ2n) is 5.37. The number of carboxylic acid groups (broad SMARTS) is 1. The fourth-order valence-corrected chi connectivity index (χ4v) is 2.59. The van der Waals surface area contributed by atoms with Crippen LogP contribution in [-0.2, 0) is 11.8 Å². The predicted molar refractivity (Wildman–Crippen MR) is 68.7 cm³/mol. The molecule has 1 saturated carbocycles. The van der Waals surface area contributed by atoms with Crippen LogP contribution in [0.2, 0.25) is 0 Å². The van der Waals surface area contributed by atoms with Gasteiger partial charge in [0.05, 0.1) is 5.41 Å². The zero-order valence-corrected chi connectivity index (χ0v) is 11.2. The van der Waals surface area contributed by atoms with Crippen LogP contribution >= 0.6 is 0 Å². The highest BCUT2D eigenvalue weighted by molar-refractivity contribution is 5.93. The Balaban J connectivity index is 2.12. The highest BCUT2D eigenvalue weighted by Crippen LogP contribution is 2.36. The number of aliphatic carboxylic acids is 1. The van der Waals surface area contributed by atoms with Crippen LogP contribution < -0.4 is 5.32 Å². The highest BCUT2D eigenvalue weighted by Gasteiger charge is 2.44. The molecule has 1 heterocycles. The Bertz CT molecular complexity index is 497. The molecule has 0 spiro atoms. The lowest BCUT2D eigenvalue weighted by atomic mass is 9.71. The average Bonchev–Trinajstić information content (AvgIpc) is 2.79. The minimum absolute atomic E-state index is 0.306. The van der Waals surface area contributed by atoms with E-state index < -0.39 is 11.4 Å². The van der Waals surface area contributed by atoms with Crippen LogP contribution in [0.15, 0.2) is 12.3 Å². The van der Waals surface area contributed by atoms with Crippen molar-refractivity contribution in [3.05, 3.63) is 18.0 Å². The Labute approximate surface area is 111 Å². The number of hydrogen-bond donors (Lipinski definition) is 2. The van der Waals surface area contributed by atoms with Crippen LogP contribution in [0.3, 0.4) is 0 Å². The highest BCUT2D eigenvalue weighted by atomic mass is 16.4. The van der Waals surface area contributed by atoms with Crippen molar-refractivity contribution >= 4 is 11.9 Å². The Morgan fingerprint density at radius 1 is 1.53 bits per heavy atom. The maximum Gasteiger partial charge on any atom is 0.311 e. The SMILES string of the molecule is Cn1ccc(C(=O)NC2CCCCC2(C)C(=O)O)n1. The number of aromatic nitrogens is 2. The molecule has 19 heavy (non-hydrogen) atoms. The minimum Gasteiger partial charge on any atom is -0.481 e. The fourth-order valence-electron chi connectivity index (χ4n) is 2.59. The largest absolute Gasteiger partial charge is 0.481 e. The Kier molecular flexibility index (Phi) is 3.59. The van der Waals surface area contributed by atoms with Gasteiger partial charge in [-0.2, -0.15) is 5.10 Å². The molecule has 0 radical (unpaired) electrons. The molecule has 0 bridgehead atoms. The number of carboxylic acids is 1. The van der Waals surface area contributed by atoms with E-state index in [1.165, 1.54) is 0 Å². The van der Waals surface area contributed by atoms with Crippen molar-refractivity contribution in [3.63, 3.8) is 0 Å². The summed E-state index contributed by atoms with van der Waals surface area (Å²) in [6.07, 6.45) is 4.80. The molecule has 6 nitrogen and oxygen atoms in total. The van der Waals surface area contributed by atoms with Crippen molar-refractivity contribution in [1.82, 2.24) is 15.1 Å². The van der Waals surface area contributed by atoms with Gasteiger partial charge in [0, 0.05) is 19.3 Å². The van der Waals surface area contributed by atoms with E-state index in [9.17, 15) is 14.7 Å². The van der Waals surface area contributed by atoms with E-state index in [1.807, 2.05) is 0 Å². The second kappa shape index (κ2) is 5.03. The lowest BCUT2D eigenvalue weighted by Crippen LogP contribution is -2.52. The third-order valence-electron chi connectivity index (χ3n) is 3.95. The summed E-state index contributed by atoms with van der Waals surface area (Å²) in [5.74, 6) is -1.15. The zero-order valence-electron chi connectivity index (χ0n) is 11.2. The van der Waals surface area contributed by atoms with E-state index in [2.05, 4.69) is 10.4 Å². The summed E-state index contributed by atoms with van der Waals surface area (Å²) in [6, 6.07) is 1.28. The lowest BCUT2D eigenvalue weighted by molar-refractivity contribution is -0.151. The van der Waals surface area contributed by atoms with E-state index in [-0.39, 0.29) is 11.9 Å². The minimum atomic E-state index is -0.886. The maximum atomic E-state index is 12.1. The van der Waals surface area contributed by atoms with Gasteiger partial charge in [-0.3, -0.25) is 14.3 Å². The van der Waals surface area contributed by atoms with Gasteiger partial charge in [-0.25, -0.2) is 0 Å². The molecule has 2 unspecified atom stereocenters. The first kappa shape index (κ1) is 13.6. The molecule has 1 aromatic rings. The van der Waals surface area contributed by atoms with Gasteiger partial charge in [0.15, 0.2) is 0 Å². The van der Waals surface area contributed by atoms with Crippen LogP contribution in [0.4, 0.5) is 0 Å². The monoisotopic (exact) mass is 265 g/mol. The number of amides is 1. The van der Waals surface area contributed by atoms with Gasteiger partial charge in [0.2, 0.25) is 0 Å². The molecule has 0 aromatic carbocycles. The quantitative estimate of drug-likeness (QED) is 0.859. The molecule has 104 valence electrons. The van der Waals surface area contributed by atoms with E-state index in [0.29, 0.717) is 18.5 Å². The third-order valence-corrected chi connectivity index (χ3v) is 3.95. The van der Waals surface area contributed by atoms with Crippen molar-refractivity contribution < 1.29 is 14.7 Å². The predicted octanol–water partition coefficient (Wildman–Crippen LogP) is 1.18. The van der Waals surface area contributed by atoms with Crippen molar-refractivity contribution in [1.29, 1.82) is 0 Å². The average molecular weight is 265 g/mol. The molecule has 1 amide bonds. The van der Waals surface area contributed by atoms with Crippen molar-refractivity contribution in [3.8, 4) is 0 Å². The number of carbonyl (C=O) groups is 2. The standard InChI is InChI=1S/C13H19N3O3/c1-13(12(18)19)7-4-3-5-10(13)14-11(17)9-6-8-16(2)15-9/h6,8,10H,3-5,7H2,1-2H3,(H,14,17)(H,18,19). The first-order valence-corrected chi connectivity index (χ1v) is 6.47. The number of rotatable bonds is 3. The number of nitrogens with one attached hydrogen (secondary N) is 1. The molecule has 1 aliphatic carbocycles. The summed E-state index contributed by atoms with van der Waals surface area (Å²) >= 11 is 0. The summed E-state index contributed by atoms with van der Waals surface area (Å²) in [5.41, 5.74) is -0.566. The fraction of sp³-hybridized carbons (Fsp3) is 0.615. The topological polar surface area (TPSA) is 84.2 Å². The first-order valence-electron chi connectivity index (χ1n) is 6.47. The van der Waals surface area contributed by atoms with Gasteiger partial charge in [-0.1, -0.05) is 12.8 Å². The number of carbonyl (C=O) groups excluding carboxylic acids is 1. The third kappa shape index (κ3) is 2.62. The molecular formula is C13H19N3O3. The smallest absolute Gasteiger partial charge is 0.311 e. The van der Waals surface area contributed by atoms with Crippen LogP contribution in [0.25, 0.3) is 0 Å². The van der Waals surface area contributed by atoms with E-state index in [4.69, 9.17) is 0 Å². The van der Waals surface area contributed by atoms with Crippen LogP contribution in [0.1, 0.15) is 43.1 Å². The van der Waals surface area contributed by atoms with Gasteiger partial charge in [-0.15, -0.1) is 0 Å². The summed E-state index contributed by atoms with van der Waals surface area (Å²) in [7, 11) is 1.73. The van der Waals surface area contributed by atoms with E-state index in [0.717, 1.165) is 12.8 Å². The zero-order chi connectivity index (χ0) is 14.0. The van der Waals surface area contributed by atoms with Gasteiger partial charge in [0.25, 0.3) is 5.91 Å². The molecule has 1 aromatic heterocycles. The molecule has 6 heteroatoms. The second-order valence-corrected chi connectivity index (χ2v) is 5.37. The molecule has 2 atom stereocenters. The summed E-state index contributed by atoms with van der Waals surface area (Å²) in [6.45, 7) is 1.71. The number of aryl methyl sites for hydroxylation is 1. The Morgan fingerprint density at radius 3 is 2.84 bits per heavy atom. The lowest BCUT2D eigenvalue weighted by Gasteiger charge is -2.38. The molecule has 1 fully saturated rings. The molecular weight excluding hydrogens is 246 g/mol. The first-order chi connectivity index (χ1) is 8.93. The maximum absolute atomic E-state index is 12.1. The normalized spacial score (nSPS) is 26.9. The van der Waals surface area contributed by atoms with Crippen molar-refractivity contribution in [2.45, 2.75) is 38.6 Å². The van der Waals surface area contributed by atoms with Crippen LogP contribution in [0.5, 0.6) is 0 Å². The summed E-state index contributed by atoms with van der Waals surface area (Å²) in [5, 5.41) is 16.2. The number of nitrogens with zero attached hydrogens (tertiary/aromatic N) is 2. The van der Waals surface area contributed by atoms with Gasteiger partial charge in [0.1, 0.15) is 5.69 Å². The van der Waals surface area contributed by atoms with E-state index in [1.54, 1.807) is 30.9 Å². The Hall–Kier alpha value is -1.85. The molecule has 2 rings (SSSR count). The molecule has 1 aliphatic rings. The van der Waals surface area contributed by atoms with Crippen LogP contribution in [-0.4, -0.2) is 32.8 Å². The van der Waals surface area contributed by atoms with Gasteiger partial charge in [-0.05, 0) is 25.8 Å². The van der Waals surface area contributed by atoms with Crippen LogP contribution in [0, 0.1) is 5.41 Å². The number of hydrogen-bond acceptors (Lipinski definition) is 3. The van der Waals surface area contributed by atoms with E-state index >= 15 is 0 Å². The molecule has 0 aliphatic heterocycles. The van der Waals surface area contributed by atoms with Crippen molar-refractivity contribution in [2.75, 3.05) is 0 Å². The Morgan fingerprint density at radius 2 is 2.26 bits per heavy atom. The summed E-state index contributed by atoms with van der Waals surface area (Å²) < 4.78 is 1.55. The summed E-state index contributed by atoms with van der Waals surface area (Å²) in [4.78, 5) is 23.5. The van der Waals surface area contributed by atoms with Gasteiger partial charge < -0.3 is 10.4 Å². The molecule has 2 N–H and O–H groups in total. The van der Waals surface area contributed by atoms with Crippen molar-refractivity contribution in [2.24, 2.45) is 12.5 Å². The van der Waals surface area contributed by atoms with Gasteiger partial charge >= 0.3 is 5.97 Å².